The number of unbranched alkanes of at least 4 members (excludes halogenated alkanes) is 41. The van der Waals surface area contributed by atoms with Crippen LogP contribution in [-0.4, -0.2) is 37.2 Å². The van der Waals surface area contributed by atoms with E-state index >= 15 is 0 Å². The van der Waals surface area contributed by atoms with Crippen molar-refractivity contribution in [1.82, 2.24) is 0 Å². The molecule has 0 heterocycles. The van der Waals surface area contributed by atoms with Crippen molar-refractivity contribution in [2.45, 2.75) is 361 Å². The van der Waals surface area contributed by atoms with Crippen LogP contribution in [0, 0.1) is 0 Å². The molecule has 0 aromatic rings. The Morgan fingerprint density at radius 3 is 0.792 bits per heavy atom. The maximum absolute atomic E-state index is 12.9. The molecule has 0 aromatic carbocycles. The van der Waals surface area contributed by atoms with Crippen LogP contribution in [0.2, 0.25) is 0 Å². The molecular formula is C71H128O6. The van der Waals surface area contributed by atoms with Gasteiger partial charge in [-0.25, -0.2) is 0 Å². The van der Waals surface area contributed by atoms with Gasteiger partial charge in [-0.2, -0.15) is 0 Å². The van der Waals surface area contributed by atoms with E-state index in [0.29, 0.717) is 19.3 Å². The smallest absolute Gasteiger partial charge is 0.306 e. The number of ether oxygens (including phenoxy) is 3. The summed E-state index contributed by atoms with van der Waals surface area (Å²) in [6, 6.07) is 0. The molecule has 0 spiro atoms. The molecule has 6 nitrogen and oxygen atoms in total. The first-order valence-corrected chi connectivity index (χ1v) is 33.8. The van der Waals surface area contributed by atoms with E-state index in [0.717, 1.165) is 89.9 Å². The highest BCUT2D eigenvalue weighted by atomic mass is 16.6. The molecule has 0 saturated heterocycles. The first kappa shape index (κ1) is 74.1. The maximum atomic E-state index is 12.9. The molecule has 1 unspecified atom stereocenters. The van der Waals surface area contributed by atoms with E-state index in [-0.39, 0.29) is 31.1 Å². The maximum Gasteiger partial charge on any atom is 0.306 e. The van der Waals surface area contributed by atoms with Crippen LogP contribution in [-0.2, 0) is 28.6 Å². The summed E-state index contributed by atoms with van der Waals surface area (Å²) in [5.74, 6) is -0.864. The van der Waals surface area contributed by atoms with Crippen LogP contribution in [0.5, 0.6) is 0 Å². The van der Waals surface area contributed by atoms with Crippen LogP contribution < -0.4 is 0 Å². The highest BCUT2D eigenvalue weighted by Gasteiger charge is 2.19. The molecule has 0 radical (unpaired) electrons. The van der Waals surface area contributed by atoms with Crippen LogP contribution in [0.25, 0.3) is 0 Å². The zero-order valence-electron chi connectivity index (χ0n) is 51.5. The minimum Gasteiger partial charge on any atom is -0.462 e. The van der Waals surface area contributed by atoms with Gasteiger partial charge in [0.05, 0.1) is 0 Å². The van der Waals surface area contributed by atoms with Crippen molar-refractivity contribution in [3.63, 3.8) is 0 Å². The second-order valence-electron chi connectivity index (χ2n) is 22.7. The minimum absolute atomic E-state index is 0.0749. The van der Waals surface area contributed by atoms with Crippen molar-refractivity contribution < 1.29 is 28.6 Å². The Balaban J connectivity index is 4.33. The van der Waals surface area contributed by atoms with Crippen molar-refractivity contribution in [3.05, 3.63) is 60.8 Å². The fourth-order valence-electron chi connectivity index (χ4n) is 9.96. The molecule has 0 aromatic heterocycles. The molecule has 0 rings (SSSR count). The quantitative estimate of drug-likeness (QED) is 0.0261. The second kappa shape index (κ2) is 65.6. The zero-order valence-corrected chi connectivity index (χ0v) is 51.5. The molecule has 77 heavy (non-hydrogen) atoms. The predicted molar refractivity (Wildman–Crippen MR) is 335 cm³/mol. The molecule has 0 aliphatic rings. The van der Waals surface area contributed by atoms with Gasteiger partial charge < -0.3 is 14.2 Å². The van der Waals surface area contributed by atoms with E-state index < -0.39 is 6.10 Å². The van der Waals surface area contributed by atoms with Crippen molar-refractivity contribution >= 4 is 17.9 Å². The van der Waals surface area contributed by atoms with Gasteiger partial charge in [0.1, 0.15) is 13.2 Å². The first-order chi connectivity index (χ1) is 38.0. The molecule has 0 bridgehead atoms. The first-order valence-electron chi connectivity index (χ1n) is 33.8. The summed E-state index contributed by atoms with van der Waals surface area (Å²) < 4.78 is 17.0. The molecule has 0 fully saturated rings. The van der Waals surface area contributed by atoms with E-state index in [1.54, 1.807) is 0 Å². The van der Waals surface area contributed by atoms with Gasteiger partial charge in [-0.3, -0.25) is 14.4 Å². The third-order valence-corrected chi connectivity index (χ3v) is 15.0. The van der Waals surface area contributed by atoms with Crippen LogP contribution in [0.15, 0.2) is 60.8 Å². The molecular weight excluding hydrogens is 949 g/mol. The number of carbonyl (C=O) groups excluding carboxylic acids is 3. The topological polar surface area (TPSA) is 78.9 Å². The Hall–Kier alpha value is -2.89. The van der Waals surface area contributed by atoms with E-state index in [2.05, 4.69) is 81.5 Å². The summed E-state index contributed by atoms with van der Waals surface area (Å²) in [6.45, 7) is 6.57. The van der Waals surface area contributed by atoms with Gasteiger partial charge in [0, 0.05) is 19.3 Å². The van der Waals surface area contributed by atoms with Crippen molar-refractivity contribution in [1.29, 1.82) is 0 Å². The van der Waals surface area contributed by atoms with Gasteiger partial charge in [0.25, 0.3) is 0 Å². The lowest BCUT2D eigenvalue weighted by Crippen LogP contribution is -2.30. The number of hydrogen-bond acceptors (Lipinski definition) is 6. The lowest BCUT2D eigenvalue weighted by Gasteiger charge is -2.18. The molecule has 1 atom stereocenters. The standard InChI is InChI=1S/C71H128O6/c1-4-7-10-13-16-19-22-25-28-31-33-34-35-36-38-40-43-46-49-52-55-58-61-64-70(73)76-67-68(66-75-69(72)63-60-57-54-51-48-45-42-39-30-27-24-21-18-15-12-9-6-3)77-71(74)65-62-59-56-53-50-47-44-41-37-32-29-26-23-20-17-14-11-8-5-2/h9,12,18,21-22,25,27,30-31,33,68H,4-8,10-11,13-17,19-20,23-24,26,28-29,32,34-67H2,1-3H3/b12-9-,21-18-,25-22-,30-27-,33-31-. The van der Waals surface area contributed by atoms with Gasteiger partial charge >= 0.3 is 17.9 Å². The van der Waals surface area contributed by atoms with Gasteiger partial charge in [0.2, 0.25) is 0 Å². The van der Waals surface area contributed by atoms with Gasteiger partial charge in [-0.1, -0.05) is 313 Å². The number of carbonyl (C=O) groups is 3. The van der Waals surface area contributed by atoms with Crippen LogP contribution in [0.1, 0.15) is 355 Å². The number of rotatable bonds is 62. The van der Waals surface area contributed by atoms with Crippen molar-refractivity contribution in [2.24, 2.45) is 0 Å². The van der Waals surface area contributed by atoms with E-state index in [1.165, 1.54) is 225 Å². The van der Waals surface area contributed by atoms with Gasteiger partial charge in [0.15, 0.2) is 6.10 Å². The average Bonchev–Trinajstić information content (AvgIpc) is 3.43. The number of allylic oxidation sites excluding steroid dienone is 10. The van der Waals surface area contributed by atoms with Crippen LogP contribution in [0.4, 0.5) is 0 Å². The fourth-order valence-corrected chi connectivity index (χ4v) is 9.96. The SMILES string of the molecule is CC/C=C\C/C=C\C/C=C\CCCCCCCCCC(=O)OCC(COC(=O)CCCCCCCCCCCCC/C=C\C/C=C\CCCCCCC)OC(=O)CCCCCCCCCCCCCCCCCCCCC. The lowest BCUT2D eigenvalue weighted by molar-refractivity contribution is -0.167. The Morgan fingerprint density at radius 2 is 0.506 bits per heavy atom. The Morgan fingerprint density at radius 1 is 0.273 bits per heavy atom. The summed E-state index contributed by atoms with van der Waals surface area (Å²) in [5.41, 5.74) is 0. The molecule has 6 heteroatoms. The highest BCUT2D eigenvalue weighted by molar-refractivity contribution is 5.71. The van der Waals surface area contributed by atoms with Gasteiger partial charge in [-0.15, -0.1) is 0 Å². The van der Waals surface area contributed by atoms with Gasteiger partial charge in [-0.05, 0) is 83.5 Å². The Bertz CT molecular complexity index is 1380. The number of hydrogen-bond donors (Lipinski definition) is 0. The third-order valence-electron chi connectivity index (χ3n) is 15.0. The number of esters is 3. The zero-order chi connectivity index (χ0) is 55.7. The normalized spacial score (nSPS) is 12.4. The van der Waals surface area contributed by atoms with Crippen molar-refractivity contribution in [3.8, 4) is 0 Å². The molecule has 0 saturated carbocycles. The molecule has 0 amide bonds. The highest BCUT2D eigenvalue weighted by Crippen LogP contribution is 2.18. The summed E-state index contributed by atoms with van der Waals surface area (Å²) in [7, 11) is 0. The summed E-state index contributed by atoms with van der Waals surface area (Å²) in [4.78, 5) is 38.4. The Labute approximate surface area is 479 Å². The fraction of sp³-hybridized carbons (Fsp3) is 0.817. The average molecular weight is 1080 g/mol. The summed E-state index contributed by atoms with van der Waals surface area (Å²) in [6.07, 6.45) is 83.7. The Kier molecular flexibility index (Phi) is 63.2. The molecule has 448 valence electrons. The predicted octanol–water partition coefficient (Wildman–Crippen LogP) is 23.1. The third kappa shape index (κ3) is 63.8. The van der Waals surface area contributed by atoms with E-state index in [9.17, 15) is 14.4 Å². The lowest BCUT2D eigenvalue weighted by atomic mass is 10.0. The molecule has 0 aliphatic heterocycles. The summed E-state index contributed by atoms with van der Waals surface area (Å²) in [5, 5.41) is 0. The largest absolute Gasteiger partial charge is 0.462 e. The second-order valence-corrected chi connectivity index (χ2v) is 22.7. The van der Waals surface area contributed by atoms with Crippen molar-refractivity contribution in [2.75, 3.05) is 13.2 Å². The van der Waals surface area contributed by atoms with Crippen LogP contribution >= 0.6 is 0 Å². The minimum atomic E-state index is -0.779. The van der Waals surface area contributed by atoms with E-state index in [1.807, 2.05) is 0 Å². The van der Waals surface area contributed by atoms with Crippen LogP contribution in [0.3, 0.4) is 0 Å². The molecule has 0 N–H and O–H groups in total. The monoisotopic (exact) mass is 1080 g/mol. The van der Waals surface area contributed by atoms with E-state index in [4.69, 9.17) is 14.2 Å². The molecule has 0 aliphatic carbocycles. The summed E-state index contributed by atoms with van der Waals surface area (Å²) >= 11 is 0.